The summed E-state index contributed by atoms with van der Waals surface area (Å²) >= 11 is 0. The Morgan fingerprint density at radius 1 is 1.16 bits per heavy atom. The molecule has 0 bridgehead atoms. The number of carbonyl (C=O) groups is 2. The highest BCUT2D eigenvalue weighted by Gasteiger charge is 2.40. The summed E-state index contributed by atoms with van der Waals surface area (Å²) in [5.41, 5.74) is 6.25. The molecule has 2 aliphatic rings. The van der Waals surface area contributed by atoms with Crippen LogP contribution in [-0.4, -0.2) is 29.9 Å². The molecule has 128 valence electrons. The van der Waals surface area contributed by atoms with Crippen molar-refractivity contribution in [1.29, 1.82) is 0 Å². The van der Waals surface area contributed by atoms with Crippen LogP contribution in [0.5, 0.6) is 0 Å². The topological polar surface area (TPSA) is 46.6 Å². The van der Waals surface area contributed by atoms with Gasteiger partial charge in [-0.2, -0.15) is 0 Å². The van der Waals surface area contributed by atoms with Gasteiger partial charge in [0.25, 0.3) is 0 Å². The fraction of sp³-hybridized carbons (Fsp3) is 0.333. The van der Waals surface area contributed by atoms with Gasteiger partial charge in [-0.25, -0.2) is 4.79 Å². The van der Waals surface area contributed by atoms with E-state index in [2.05, 4.69) is 42.5 Å². The van der Waals surface area contributed by atoms with Gasteiger partial charge in [-0.3, -0.25) is 4.79 Å². The van der Waals surface area contributed by atoms with Crippen LogP contribution in [0.4, 0.5) is 0 Å². The lowest BCUT2D eigenvalue weighted by atomic mass is 9.99. The van der Waals surface area contributed by atoms with Gasteiger partial charge in [-0.15, -0.1) is 0 Å². The number of likely N-dealkylation sites (tertiary alicyclic amines) is 1. The van der Waals surface area contributed by atoms with Crippen molar-refractivity contribution in [2.24, 2.45) is 0 Å². The normalized spacial score (nSPS) is 19.5. The van der Waals surface area contributed by atoms with Gasteiger partial charge in [0.1, 0.15) is 6.04 Å². The molecule has 0 aromatic heterocycles. The number of benzene rings is 2. The summed E-state index contributed by atoms with van der Waals surface area (Å²) in [7, 11) is 1.38. The van der Waals surface area contributed by atoms with Crippen LogP contribution in [0.3, 0.4) is 0 Å². The Balaban J connectivity index is 1.65. The van der Waals surface area contributed by atoms with Crippen molar-refractivity contribution in [3.05, 3.63) is 59.2 Å². The summed E-state index contributed by atoms with van der Waals surface area (Å²) in [4.78, 5) is 26.1. The summed E-state index contributed by atoms with van der Waals surface area (Å²) in [5.74, 6) is -0.307. The average Bonchev–Trinajstić information content (AvgIpc) is 3.20. The second-order valence-corrected chi connectivity index (χ2v) is 6.81. The first-order valence-corrected chi connectivity index (χ1v) is 8.70. The SMILES string of the molecule is COC(=O)C1CCC(=O)N1C(C)c1ccc2c(c1)Cc1ccccc1-2. The van der Waals surface area contributed by atoms with Crippen molar-refractivity contribution in [2.75, 3.05) is 7.11 Å². The van der Waals surface area contributed by atoms with E-state index in [0.717, 1.165) is 12.0 Å². The predicted molar refractivity (Wildman–Crippen MR) is 95.0 cm³/mol. The zero-order valence-electron chi connectivity index (χ0n) is 14.5. The molecule has 0 radical (unpaired) electrons. The van der Waals surface area contributed by atoms with Crippen molar-refractivity contribution in [1.82, 2.24) is 4.90 Å². The Morgan fingerprint density at radius 2 is 1.92 bits per heavy atom. The Hall–Kier alpha value is -2.62. The lowest BCUT2D eigenvalue weighted by Gasteiger charge is -2.30. The molecule has 2 aromatic carbocycles. The van der Waals surface area contributed by atoms with Gasteiger partial charge in [0.05, 0.1) is 13.2 Å². The number of nitrogens with zero attached hydrogens (tertiary/aromatic N) is 1. The number of rotatable bonds is 3. The minimum atomic E-state index is -0.474. The number of carbonyl (C=O) groups excluding carboxylic acids is 2. The first-order chi connectivity index (χ1) is 12.1. The molecule has 1 saturated heterocycles. The summed E-state index contributed by atoms with van der Waals surface area (Å²) < 4.78 is 4.88. The molecule has 2 unspecified atom stereocenters. The summed E-state index contributed by atoms with van der Waals surface area (Å²) in [6.07, 6.45) is 1.85. The van der Waals surface area contributed by atoms with Crippen LogP contribution in [0.1, 0.15) is 42.5 Å². The lowest BCUT2D eigenvalue weighted by molar-refractivity contribution is -0.150. The highest BCUT2D eigenvalue weighted by atomic mass is 16.5. The number of fused-ring (bicyclic) bond motifs is 3. The molecule has 4 rings (SSSR count). The molecule has 25 heavy (non-hydrogen) atoms. The van der Waals surface area contributed by atoms with E-state index in [9.17, 15) is 9.59 Å². The molecule has 1 heterocycles. The summed E-state index contributed by atoms with van der Waals surface area (Å²) in [5, 5.41) is 0. The molecule has 4 heteroatoms. The fourth-order valence-corrected chi connectivity index (χ4v) is 4.14. The van der Waals surface area contributed by atoms with Crippen molar-refractivity contribution >= 4 is 11.9 Å². The number of hydrogen-bond donors (Lipinski definition) is 0. The monoisotopic (exact) mass is 335 g/mol. The average molecular weight is 335 g/mol. The maximum Gasteiger partial charge on any atom is 0.328 e. The minimum Gasteiger partial charge on any atom is -0.467 e. The second-order valence-electron chi connectivity index (χ2n) is 6.81. The zero-order valence-corrected chi connectivity index (χ0v) is 14.5. The van der Waals surface area contributed by atoms with Gasteiger partial charge in [-0.05, 0) is 47.6 Å². The smallest absolute Gasteiger partial charge is 0.328 e. The molecule has 1 amide bonds. The number of ether oxygens (including phenoxy) is 1. The van der Waals surface area contributed by atoms with E-state index in [1.165, 1.54) is 29.4 Å². The molecular formula is C21H21NO3. The number of hydrogen-bond acceptors (Lipinski definition) is 3. The molecule has 2 atom stereocenters. The third kappa shape index (κ3) is 2.53. The lowest BCUT2D eigenvalue weighted by Crippen LogP contribution is -2.40. The first-order valence-electron chi connectivity index (χ1n) is 8.70. The largest absolute Gasteiger partial charge is 0.467 e. The highest BCUT2D eigenvalue weighted by molar-refractivity contribution is 5.88. The van der Waals surface area contributed by atoms with Gasteiger partial charge < -0.3 is 9.64 Å². The Kier molecular flexibility index (Phi) is 3.83. The molecule has 1 aliphatic carbocycles. The summed E-state index contributed by atoms with van der Waals surface area (Å²) in [6.45, 7) is 1.99. The van der Waals surface area contributed by atoms with Gasteiger partial charge in [-0.1, -0.05) is 42.5 Å². The van der Waals surface area contributed by atoms with E-state index in [1.807, 2.05) is 6.92 Å². The van der Waals surface area contributed by atoms with Crippen LogP contribution >= 0.6 is 0 Å². The van der Waals surface area contributed by atoms with E-state index >= 15 is 0 Å². The van der Waals surface area contributed by atoms with Crippen LogP contribution in [0.15, 0.2) is 42.5 Å². The highest BCUT2D eigenvalue weighted by Crippen LogP contribution is 2.39. The van der Waals surface area contributed by atoms with Gasteiger partial charge in [0.15, 0.2) is 0 Å². The predicted octanol–water partition coefficient (Wildman–Crippen LogP) is 3.48. The molecule has 1 fully saturated rings. The van der Waals surface area contributed by atoms with Gasteiger partial charge >= 0.3 is 5.97 Å². The van der Waals surface area contributed by atoms with Crippen molar-refractivity contribution in [3.8, 4) is 11.1 Å². The summed E-state index contributed by atoms with van der Waals surface area (Å²) in [6, 6.07) is 14.2. The van der Waals surface area contributed by atoms with Crippen molar-refractivity contribution < 1.29 is 14.3 Å². The quantitative estimate of drug-likeness (QED) is 0.689. The van der Waals surface area contributed by atoms with Crippen LogP contribution in [-0.2, 0) is 20.7 Å². The van der Waals surface area contributed by atoms with E-state index in [0.29, 0.717) is 12.8 Å². The number of amides is 1. The Morgan fingerprint density at radius 3 is 2.72 bits per heavy atom. The fourth-order valence-electron chi connectivity index (χ4n) is 4.14. The third-order valence-electron chi connectivity index (χ3n) is 5.45. The second kappa shape index (κ2) is 6.03. The number of esters is 1. The van der Waals surface area contributed by atoms with E-state index in [4.69, 9.17) is 4.74 Å². The molecule has 0 N–H and O–H groups in total. The maximum atomic E-state index is 12.4. The standard InChI is InChI=1S/C21H21NO3/c1-13(22-19(21(24)25-2)9-10-20(22)23)14-7-8-18-16(11-14)12-15-5-3-4-6-17(15)18/h3-8,11,13,19H,9-10,12H2,1-2H3. The van der Waals surface area contributed by atoms with E-state index in [1.54, 1.807) is 4.90 Å². The molecule has 1 aliphatic heterocycles. The molecule has 0 spiro atoms. The van der Waals surface area contributed by atoms with Crippen molar-refractivity contribution in [3.63, 3.8) is 0 Å². The van der Waals surface area contributed by atoms with E-state index in [-0.39, 0.29) is 17.9 Å². The molecule has 4 nitrogen and oxygen atoms in total. The zero-order chi connectivity index (χ0) is 17.6. The first kappa shape index (κ1) is 15.9. The Bertz CT molecular complexity index is 858. The third-order valence-corrected chi connectivity index (χ3v) is 5.45. The van der Waals surface area contributed by atoms with E-state index < -0.39 is 6.04 Å². The van der Waals surface area contributed by atoms with Gasteiger partial charge in [0.2, 0.25) is 5.91 Å². The minimum absolute atomic E-state index is 0.0201. The van der Waals surface area contributed by atoms with Crippen LogP contribution < -0.4 is 0 Å². The number of methoxy groups -OCH3 is 1. The van der Waals surface area contributed by atoms with Crippen LogP contribution in [0.25, 0.3) is 11.1 Å². The Labute approximate surface area is 147 Å². The maximum absolute atomic E-state index is 12.4. The molecule has 2 aromatic rings. The molecular weight excluding hydrogens is 314 g/mol. The van der Waals surface area contributed by atoms with Crippen molar-refractivity contribution in [2.45, 2.75) is 38.3 Å². The molecule has 0 saturated carbocycles. The van der Waals surface area contributed by atoms with Crippen LogP contribution in [0, 0.1) is 0 Å². The van der Waals surface area contributed by atoms with Crippen LogP contribution in [0.2, 0.25) is 0 Å². The van der Waals surface area contributed by atoms with Gasteiger partial charge in [0, 0.05) is 6.42 Å².